The molecule has 124 valence electrons. The molecule has 0 aliphatic heterocycles. The molecule has 22 heavy (non-hydrogen) atoms. The van der Waals surface area contributed by atoms with E-state index in [1.165, 1.54) is 0 Å². The molecular weight excluding hydrogens is 286 g/mol. The van der Waals surface area contributed by atoms with E-state index in [1.807, 2.05) is 0 Å². The van der Waals surface area contributed by atoms with Crippen molar-refractivity contribution in [2.75, 3.05) is 0 Å². The first-order chi connectivity index (χ1) is 9.99. The van der Waals surface area contributed by atoms with Gasteiger partial charge in [0.1, 0.15) is 11.4 Å². The molecule has 0 spiro atoms. The number of hydrogen-bond donors (Lipinski definition) is 2. The molecule has 0 bridgehead atoms. The molecule has 0 aliphatic rings. The van der Waals surface area contributed by atoms with Crippen LogP contribution in [0.25, 0.3) is 0 Å². The Balaban J connectivity index is 2.57. The van der Waals surface area contributed by atoms with Crippen LogP contribution in [-0.4, -0.2) is 34.7 Å². The Morgan fingerprint density at radius 2 is 1.68 bits per heavy atom. The molecule has 0 saturated heterocycles. The van der Waals surface area contributed by atoms with Crippen LogP contribution in [0.1, 0.15) is 56.8 Å². The van der Waals surface area contributed by atoms with Crippen molar-refractivity contribution in [2.24, 2.45) is 0 Å². The summed E-state index contributed by atoms with van der Waals surface area (Å²) in [4.78, 5) is 27.9. The number of carbonyl (C=O) groups is 2. The molecule has 7 heteroatoms. The lowest BCUT2D eigenvalue weighted by Crippen LogP contribution is -2.49. The van der Waals surface area contributed by atoms with E-state index in [4.69, 9.17) is 9.15 Å². The van der Waals surface area contributed by atoms with Gasteiger partial charge in [0, 0.05) is 19.0 Å². The molecule has 0 fully saturated rings. The number of alkyl carbamates (subject to hydrolysis) is 1. The number of aromatic nitrogens is 1. The van der Waals surface area contributed by atoms with Gasteiger partial charge in [0.2, 0.25) is 0 Å². The van der Waals surface area contributed by atoms with Crippen LogP contribution in [-0.2, 0) is 4.74 Å². The minimum absolute atomic E-state index is 0.258. The number of carbonyl (C=O) groups excluding carboxylic acids is 2. The monoisotopic (exact) mass is 311 g/mol. The maximum atomic E-state index is 12.1. The summed E-state index contributed by atoms with van der Waals surface area (Å²) in [7, 11) is 0. The molecule has 0 aromatic carbocycles. The largest absolute Gasteiger partial charge is 0.445 e. The predicted octanol–water partition coefficient (Wildman–Crippen LogP) is 2.32. The number of nitrogens with zero attached hydrogens (tertiary/aromatic N) is 1. The van der Waals surface area contributed by atoms with Crippen molar-refractivity contribution in [3.8, 4) is 0 Å². The van der Waals surface area contributed by atoms with Gasteiger partial charge < -0.3 is 19.8 Å². The molecule has 2 N–H and O–H groups in total. The van der Waals surface area contributed by atoms with Crippen molar-refractivity contribution in [1.82, 2.24) is 15.6 Å². The van der Waals surface area contributed by atoms with E-state index in [9.17, 15) is 9.59 Å². The van der Waals surface area contributed by atoms with Crippen molar-refractivity contribution in [1.29, 1.82) is 0 Å². The van der Waals surface area contributed by atoms with Crippen LogP contribution in [0.3, 0.4) is 0 Å². The summed E-state index contributed by atoms with van der Waals surface area (Å²) >= 11 is 0. The van der Waals surface area contributed by atoms with Crippen LogP contribution in [0.15, 0.2) is 4.42 Å². The molecule has 2 amide bonds. The summed E-state index contributed by atoms with van der Waals surface area (Å²) in [6, 6.07) is -0.594. The molecule has 1 rings (SSSR count). The molecule has 1 aromatic heterocycles. The summed E-state index contributed by atoms with van der Waals surface area (Å²) in [6.07, 6.45) is -0.519. The van der Waals surface area contributed by atoms with Crippen LogP contribution in [0.5, 0.6) is 0 Å². The van der Waals surface area contributed by atoms with Crippen molar-refractivity contribution < 1.29 is 18.7 Å². The van der Waals surface area contributed by atoms with Crippen LogP contribution >= 0.6 is 0 Å². The molecule has 7 nitrogen and oxygen atoms in total. The Morgan fingerprint density at radius 3 is 2.14 bits per heavy atom. The summed E-state index contributed by atoms with van der Waals surface area (Å²) < 4.78 is 10.4. The Hall–Kier alpha value is -2.05. The van der Waals surface area contributed by atoms with E-state index in [0.717, 1.165) is 0 Å². The van der Waals surface area contributed by atoms with Gasteiger partial charge in [0.15, 0.2) is 11.6 Å². The Kier molecular flexibility index (Phi) is 5.57. The SMILES string of the molecule is Cc1nc(C(=O)NC(C)C(C)NC(=O)OC(C)(C)C)c(C)o1. The Labute approximate surface area is 130 Å². The first-order valence-electron chi connectivity index (χ1n) is 7.24. The fourth-order valence-corrected chi connectivity index (χ4v) is 1.76. The van der Waals surface area contributed by atoms with Gasteiger partial charge in [0.25, 0.3) is 5.91 Å². The molecule has 2 atom stereocenters. The van der Waals surface area contributed by atoms with Gasteiger partial charge >= 0.3 is 6.09 Å². The third-order valence-corrected chi connectivity index (χ3v) is 2.97. The second-order valence-corrected chi connectivity index (χ2v) is 6.33. The lowest BCUT2D eigenvalue weighted by atomic mass is 10.1. The molecule has 0 saturated carbocycles. The first-order valence-corrected chi connectivity index (χ1v) is 7.24. The quantitative estimate of drug-likeness (QED) is 0.890. The summed E-state index contributed by atoms with van der Waals surface area (Å²) in [5.41, 5.74) is -0.306. The standard InChI is InChI=1S/C15H25N3O4/c1-8(9(2)17-14(20)22-15(5,6)7)16-13(19)12-10(3)21-11(4)18-12/h8-9H,1-7H3,(H,16,19)(H,17,20). The fourth-order valence-electron chi connectivity index (χ4n) is 1.76. The van der Waals surface area contributed by atoms with E-state index >= 15 is 0 Å². The highest BCUT2D eigenvalue weighted by Crippen LogP contribution is 2.10. The molecule has 1 aromatic rings. The number of amides is 2. The second-order valence-electron chi connectivity index (χ2n) is 6.33. The van der Waals surface area contributed by atoms with Gasteiger partial charge in [-0.1, -0.05) is 0 Å². The van der Waals surface area contributed by atoms with Crippen molar-refractivity contribution in [3.63, 3.8) is 0 Å². The number of ether oxygens (including phenoxy) is 1. The van der Waals surface area contributed by atoms with E-state index in [2.05, 4.69) is 15.6 Å². The molecule has 0 radical (unpaired) electrons. The van der Waals surface area contributed by atoms with Gasteiger partial charge in [-0.2, -0.15) is 0 Å². The number of hydrogen-bond acceptors (Lipinski definition) is 5. The molecule has 0 aliphatic carbocycles. The number of oxazole rings is 1. The minimum Gasteiger partial charge on any atom is -0.445 e. The van der Waals surface area contributed by atoms with E-state index in [1.54, 1.807) is 48.5 Å². The highest BCUT2D eigenvalue weighted by atomic mass is 16.6. The highest BCUT2D eigenvalue weighted by Gasteiger charge is 2.23. The van der Waals surface area contributed by atoms with Gasteiger partial charge in [0.05, 0.1) is 0 Å². The van der Waals surface area contributed by atoms with Crippen LogP contribution < -0.4 is 10.6 Å². The lowest BCUT2D eigenvalue weighted by Gasteiger charge is -2.25. The Morgan fingerprint density at radius 1 is 1.14 bits per heavy atom. The third kappa shape index (κ3) is 5.38. The van der Waals surface area contributed by atoms with Gasteiger partial charge in [-0.05, 0) is 41.5 Å². The third-order valence-electron chi connectivity index (χ3n) is 2.97. The maximum Gasteiger partial charge on any atom is 0.407 e. The van der Waals surface area contributed by atoms with Crippen LogP contribution in [0.4, 0.5) is 4.79 Å². The zero-order valence-corrected chi connectivity index (χ0v) is 14.2. The van der Waals surface area contributed by atoms with Crippen molar-refractivity contribution >= 4 is 12.0 Å². The molecule has 2 unspecified atom stereocenters. The zero-order valence-electron chi connectivity index (χ0n) is 14.2. The molecule has 1 heterocycles. The van der Waals surface area contributed by atoms with Crippen LogP contribution in [0, 0.1) is 13.8 Å². The van der Waals surface area contributed by atoms with Crippen molar-refractivity contribution in [3.05, 3.63) is 17.3 Å². The van der Waals surface area contributed by atoms with Crippen molar-refractivity contribution in [2.45, 2.75) is 66.2 Å². The van der Waals surface area contributed by atoms with Gasteiger partial charge in [-0.15, -0.1) is 0 Å². The zero-order chi connectivity index (χ0) is 17.1. The number of rotatable bonds is 4. The maximum absolute atomic E-state index is 12.1. The summed E-state index contributed by atoms with van der Waals surface area (Å²) in [6.45, 7) is 12.3. The molecular formula is C15H25N3O4. The first kappa shape index (κ1) is 18.0. The van der Waals surface area contributed by atoms with Gasteiger partial charge in [-0.25, -0.2) is 9.78 Å². The predicted molar refractivity (Wildman–Crippen MR) is 81.7 cm³/mol. The number of nitrogens with one attached hydrogen (secondary N) is 2. The lowest BCUT2D eigenvalue weighted by molar-refractivity contribution is 0.0496. The average molecular weight is 311 g/mol. The highest BCUT2D eigenvalue weighted by molar-refractivity contribution is 5.93. The topological polar surface area (TPSA) is 93.5 Å². The fraction of sp³-hybridized carbons (Fsp3) is 0.667. The minimum atomic E-state index is -0.564. The summed E-state index contributed by atoms with van der Waals surface area (Å²) in [5.74, 6) is 0.574. The van der Waals surface area contributed by atoms with Crippen LogP contribution in [0.2, 0.25) is 0 Å². The van der Waals surface area contributed by atoms with E-state index in [0.29, 0.717) is 11.7 Å². The summed E-state index contributed by atoms with van der Waals surface area (Å²) in [5, 5.41) is 5.48. The van der Waals surface area contributed by atoms with Gasteiger partial charge in [-0.3, -0.25) is 4.79 Å². The Bertz CT molecular complexity index is 545. The number of aryl methyl sites for hydroxylation is 2. The van der Waals surface area contributed by atoms with E-state index < -0.39 is 11.7 Å². The normalized spacial score (nSPS) is 14.1. The smallest absolute Gasteiger partial charge is 0.407 e. The van der Waals surface area contributed by atoms with E-state index in [-0.39, 0.29) is 23.7 Å². The average Bonchev–Trinajstić information content (AvgIpc) is 2.65. The second kappa shape index (κ2) is 6.81.